The first-order valence-electron chi connectivity index (χ1n) is 5.50. The first kappa shape index (κ1) is 12.1. The van der Waals surface area contributed by atoms with Gasteiger partial charge in [0.2, 0.25) is 0 Å². The van der Waals surface area contributed by atoms with Crippen molar-refractivity contribution in [1.29, 1.82) is 0 Å². The van der Waals surface area contributed by atoms with Gasteiger partial charge < -0.3 is 9.84 Å². The van der Waals surface area contributed by atoms with Gasteiger partial charge in [0, 0.05) is 15.3 Å². The Bertz CT molecular complexity index is 517. The van der Waals surface area contributed by atoms with Crippen molar-refractivity contribution in [3.8, 4) is 5.75 Å². The highest BCUT2D eigenvalue weighted by molar-refractivity contribution is 7.12. The van der Waals surface area contributed by atoms with Crippen molar-refractivity contribution in [2.75, 3.05) is 7.11 Å². The molecule has 1 atom stereocenters. The molecule has 0 aliphatic carbocycles. The maximum Gasteiger partial charge on any atom is 0.125 e. The summed E-state index contributed by atoms with van der Waals surface area (Å²) in [4.78, 5) is 2.15. The van der Waals surface area contributed by atoms with Crippen LogP contribution >= 0.6 is 11.3 Å². The topological polar surface area (TPSA) is 29.5 Å². The van der Waals surface area contributed by atoms with Crippen molar-refractivity contribution in [3.05, 3.63) is 51.2 Å². The second kappa shape index (κ2) is 4.90. The molecule has 1 heterocycles. The Morgan fingerprint density at radius 1 is 1.18 bits per heavy atom. The van der Waals surface area contributed by atoms with Crippen LogP contribution < -0.4 is 4.74 Å². The lowest BCUT2D eigenvalue weighted by atomic mass is 10.0. The molecule has 0 saturated carbocycles. The number of hydrogen-bond donors (Lipinski definition) is 1. The number of aryl methyl sites for hydroxylation is 2. The molecule has 1 unspecified atom stereocenters. The van der Waals surface area contributed by atoms with E-state index in [2.05, 4.69) is 0 Å². The van der Waals surface area contributed by atoms with Crippen LogP contribution in [0.15, 0.2) is 30.3 Å². The monoisotopic (exact) mass is 248 g/mol. The summed E-state index contributed by atoms with van der Waals surface area (Å²) in [6.45, 7) is 4.05. The SMILES string of the molecule is COc1ccc(C)cc1C(O)c1ccc(C)s1. The number of ether oxygens (including phenoxy) is 1. The summed E-state index contributed by atoms with van der Waals surface area (Å²) in [6.07, 6.45) is -0.608. The Labute approximate surface area is 105 Å². The molecule has 1 N–H and O–H groups in total. The lowest BCUT2D eigenvalue weighted by molar-refractivity contribution is 0.218. The fraction of sp³-hybridized carbons (Fsp3) is 0.286. The molecule has 2 aromatic rings. The van der Waals surface area contributed by atoms with Gasteiger partial charge in [0.05, 0.1) is 7.11 Å². The Morgan fingerprint density at radius 3 is 2.53 bits per heavy atom. The van der Waals surface area contributed by atoms with Crippen molar-refractivity contribution in [2.45, 2.75) is 20.0 Å². The van der Waals surface area contributed by atoms with Gasteiger partial charge in [-0.2, -0.15) is 0 Å². The van der Waals surface area contributed by atoms with Gasteiger partial charge in [-0.15, -0.1) is 11.3 Å². The Hall–Kier alpha value is -1.32. The van der Waals surface area contributed by atoms with Crippen LogP contribution in [0.2, 0.25) is 0 Å². The van der Waals surface area contributed by atoms with Crippen LogP contribution in [-0.2, 0) is 0 Å². The number of rotatable bonds is 3. The molecule has 90 valence electrons. The number of aliphatic hydroxyl groups excluding tert-OH is 1. The molecule has 1 aromatic heterocycles. The fourth-order valence-electron chi connectivity index (χ4n) is 1.82. The molecule has 17 heavy (non-hydrogen) atoms. The average Bonchev–Trinajstić information content (AvgIpc) is 2.75. The average molecular weight is 248 g/mol. The van der Waals surface area contributed by atoms with Crippen LogP contribution in [0, 0.1) is 13.8 Å². The zero-order valence-electron chi connectivity index (χ0n) is 10.2. The molecule has 0 saturated heterocycles. The van der Waals surface area contributed by atoms with Crippen LogP contribution in [0.4, 0.5) is 0 Å². The van der Waals surface area contributed by atoms with Gasteiger partial charge in [-0.05, 0) is 38.1 Å². The largest absolute Gasteiger partial charge is 0.496 e. The zero-order chi connectivity index (χ0) is 12.4. The summed E-state index contributed by atoms with van der Waals surface area (Å²) in [5.41, 5.74) is 1.95. The third-order valence-electron chi connectivity index (χ3n) is 2.71. The van der Waals surface area contributed by atoms with Gasteiger partial charge in [0.15, 0.2) is 0 Å². The summed E-state index contributed by atoms with van der Waals surface area (Å²) in [7, 11) is 1.63. The maximum absolute atomic E-state index is 10.4. The molecular formula is C14H16O2S. The first-order valence-corrected chi connectivity index (χ1v) is 6.32. The summed E-state index contributed by atoms with van der Waals surface area (Å²) in [5.74, 6) is 0.731. The van der Waals surface area contributed by atoms with Gasteiger partial charge >= 0.3 is 0 Å². The molecule has 1 aromatic carbocycles. The molecule has 0 aliphatic rings. The molecule has 0 bridgehead atoms. The third-order valence-corrected chi connectivity index (χ3v) is 3.76. The molecule has 0 aliphatic heterocycles. The normalized spacial score (nSPS) is 12.5. The van der Waals surface area contributed by atoms with E-state index in [1.165, 1.54) is 4.88 Å². The van der Waals surface area contributed by atoms with Gasteiger partial charge in [-0.3, -0.25) is 0 Å². The Morgan fingerprint density at radius 2 is 1.94 bits per heavy atom. The van der Waals surface area contributed by atoms with Crippen LogP contribution in [0.1, 0.15) is 27.0 Å². The second-order valence-corrected chi connectivity index (χ2v) is 5.42. The summed E-state index contributed by atoms with van der Waals surface area (Å²) in [5, 5.41) is 10.4. The Kier molecular flexibility index (Phi) is 3.50. The molecule has 0 amide bonds. The van der Waals surface area contributed by atoms with E-state index in [4.69, 9.17) is 4.74 Å². The van der Waals surface area contributed by atoms with Crippen LogP contribution in [0.25, 0.3) is 0 Å². The van der Waals surface area contributed by atoms with E-state index in [1.807, 2.05) is 44.2 Å². The smallest absolute Gasteiger partial charge is 0.125 e. The van der Waals surface area contributed by atoms with E-state index in [1.54, 1.807) is 18.4 Å². The molecule has 2 nitrogen and oxygen atoms in total. The van der Waals surface area contributed by atoms with Crippen molar-refractivity contribution >= 4 is 11.3 Å². The molecule has 0 radical (unpaired) electrons. The van der Waals surface area contributed by atoms with Crippen molar-refractivity contribution < 1.29 is 9.84 Å². The molecule has 2 rings (SSSR count). The van der Waals surface area contributed by atoms with E-state index in [9.17, 15) is 5.11 Å². The highest BCUT2D eigenvalue weighted by Crippen LogP contribution is 2.33. The summed E-state index contributed by atoms with van der Waals surface area (Å²) >= 11 is 1.61. The predicted octanol–water partition coefficient (Wildman–Crippen LogP) is 3.46. The lowest BCUT2D eigenvalue weighted by Gasteiger charge is -2.14. The van der Waals surface area contributed by atoms with Crippen molar-refractivity contribution in [1.82, 2.24) is 0 Å². The Balaban J connectivity index is 2.42. The minimum Gasteiger partial charge on any atom is -0.496 e. The fourth-order valence-corrected chi connectivity index (χ4v) is 2.70. The minimum absolute atomic E-state index is 0.608. The highest BCUT2D eigenvalue weighted by Gasteiger charge is 2.16. The van der Waals surface area contributed by atoms with E-state index in [0.29, 0.717) is 0 Å². The number of methoxy groups -OCH3 is 1. The molecule has 0 spiro atoms. The van der Waals surface area contributed by atoms with Gasteiger partial charge in [-0.1, -0.05) is 11.6 Å². The van der Waals surface area contributed by atoms with E-state index in [0.717, 1.165) is 21.8 Å². The molecular weight excluding hydrogens is 232 g/mol. The van der Waals surface area contributed by atoms with Crippen molar-refractivity contribution in [2.24, 2.45) is 0 Å². The maximum atomic E-state index is 10.4. The summed E-state index contributed by atoms with van der Waals surface area (Å²) in [6, 6.07) is 9.83. The van der Waals surface area contributed by atoms with Gasteiger partial charge in [0.1, 0.15) is 11.9 Å². The molecule has 0 fully saturated rings. The van der Waals surface area contributed by atoms with Crippen molar-refractivity contribution in [3.63, 3.8) is 0 Å². The number of hydrogen-bond acceptors (Lipinski definition) is 3. The van der Waals surface area contributed by atoms with E-state index < -0.39 is 6.10 Å². The lowest BCUT2D eigenvalue weighted by Crippen LogP contribution is -2.01. The van der Waals surface area contributed by atoms with Gasteiger partial charge in [0.25, 0.3) is 0 Å². The summed E-state index contributed by atoms with van der Waals surface area (Å²) < 4.78 is 5.29. The molecule has 3 heteroatoms. The third kappa shape index (κ3) is 2.51. The first-order chi connectivity index (χ1) is 8.11. The second-order valence-electron chi connectivity index (χ2n) is 4.10. The quantitative estimate of drug-likeness (QED) is 0.901. The minimum atomic E-state index is -0.608. The standard InChI is InChI=1S/C14H16O2S/c1-9-4-6-12(16-3)11(8-9)14(15)13-7-5-10(2)17-13/h4-8,14-15H,1-3H3. The zero-order valence-corrected chi connectivity index (χ0v) is 11.0. The predicted molar refractivity (Wildman–Crippen MR) is 70.8 cm³/mol. The van der Waals surface area contributed by atoms with Crippen LogP contribution in [0.3, 0.4) is 0 Å². The van der Waals surface area contributed by atoms with Crippen LogP contribution in [-0.4, -0.2) is 12.2 Å². The number of aliphatic hydroxyl groups is 1. The van der Waals surface area contributed by atoms with E-state index >= 15 is 0 Å². The highest BCUT2D eigenvalue weighted by atomic mass is 32.1. The van der Waals surface area contributed by atoms with Gasteiger partial charge in [-0.25, -0.2) is 0 Å². The number of benzene rings is 1. The number of thiophene rings is 1. The van der Waals surface area contributed by atoms with Crippen LogP contribution in [0.5, 0.6) is 5.75 Å². The van der Waals surface area contributed by atoms with E-state index in [-0.39, 0.29) is 0 Å².